The average molecular weight is 361 g/mol. The third kappa shape index (κ3) is 5.20. The van der Waals surface area contributed by atoms with Gasteiger partial charge in [-0.1, -0.05) is 12.1 Å². The number of halogens is 1. The number of amides is 1. The number of benzene rings is 2. The van der Waals surface area contributed by atoms with E-state index in [1.165, 1.54) is 45.2 Å². The van der Waals surface area contributed by atoms with Gasteiger partial charge in [-0.15, -0.1) is 0 Å². The zero-order valence-corrected chi connectivity index (χ0v) is 14.7. The summed E-state index contributed by atoms with van der Waals surface area (Å²) in [5.41, 5.74) is 0.471. The summed E-state index contributed by atoms with van der Waals surface area (Å²) < 4.78 is 28.5. The van der Waals surface area contributed by atoms with E-state index in [0.29, 0.717) is 17.2 Å². The molecule has 0 aliphatic carbocycles. The summed E-state index contributed by atoms with van der Waals surface area (Å²) in [6.45, 7) is 2.93. The monoisotopic (exact) mass is 361 g/mol. The Bertz CT molecular complexity index is 763. The van der Waals surface area contributed by atoms with Gasteiger partial charge in [-0.25, -0.2) is 9.18 Å². The first-order valence-corrected chi connectivity index (χ1v) is 7.97. The van der Waals surface area contributed by atoms with Crippen molar-refractivity contribution in [2.24, 2.45) is 0 Å². The number of rotatable bonds is 7. The van der Waals surface area contributed by atoms with Gasteiger partial charge in [0.05, 0.1) is 12.8 Å². The molecule has 2 aromatic rings. The molecule has 0 aliphatic heterocycles. The summed E-state index contributed by atoms with van der Waals surface area (Å²) in [7, 11) is 1.49. The van der Waals surface area contributed by atoms with Crippen molar-refractivity contribution in [3.63, 3.8) is 0 Å². The van der Waals surface area contributed by atoms with E-state index >= 15 is 0 Å². The van der Waals surface area contributed by atoms with Crippen LogP contribution in [0.1, 0.15) is 13.8 Å². The number of carbonyl (C=O) groups excluding carboxylic acids is 2. The molecule has 2 atom stereocenters. The van der Waals surface area contributed by atoms with Crippen LogP contribution in [0.25, 0.3) is 0 Å². The van der Waals surface area contributed by atoms with Gasteiger partial charge in [0.15, 0.2) is 12.2 Å². The van der Waals surface area contributed by atoms with Crippen LogP contribution in [0.15, 0.2) is 48.5 Å². The van der Waals surface area contributed by atoms with Gasteiger partial charge < -0.3 is 19.5 Å². The predicted octanol–water partition coefficient (Wildman–Crippen LogP) is 3.17. The van der Waals surface area contributed by atoms with E-state index in [-0.39, 0.29) is 0 Å². The minimum absolute atomic E-state index is 0.321. The minimum Gasteiger partial charge on any atom is -0.495 e. The maximum atomic E-state index is 12.9. The molecule has 2 rings (SSSR count). The molecular formula is C19H20FNO5. The van der Waals surface area contributed by atoms with E-state index in [1.807, 2.05) is 0 Å². The molecule has 138 valence electrons. The van der Waals surface area contributed by atoms with Crippen LogP contribution in [0.3, 0.4) is 0 Å². The Morgan fingerprint density at radius 2 is 1.65 bits per heavy atom. The minimum atomic E-state index is -1.04. The SMILES string of the molecule is COc1ccccc1NC(=O)[C@H](C)OC(=O)[C@@H](C)Oc1ccc(F)cc1. The molecule has 0 saturated heterocycles. The molecule has 0 spiro atoms. The Balaban J connectivity index is 1.90. The molecule has 0 heterocycles. The van der Waals surface area contributed by atoms with Crippen molar-refractivity contribution in [1.29, 1.82) is 0 Å². The second-order valence-electron chi connectivity index (χ2n) is 5.48. The molecule has 1 N–H and O–H groups in total. The first kappa shape index (κ1) is 19.2. The van der Waals surface area contributed by atoms with Crippen molar-refractivity contribution >= 4 is 17.6 Å². The molecule has 0 saturated carbocycles. The molecule has 0 aliphatic rings. The van der Waals surface area contributed by atoms with Crippen LogP contribution in [0.4, 0.5) is 10.1 Å². The number of ether oxygens (including phenoxy) is 3. The van der Waals surface area contributed by atoms with E-state index in [2.05, 4.69) is 5.32 Å². The average Bonchev–Trinajstić information content (AvgIpc) is 2.63. The lowest BCUT2D eigenvalue weighted by Gasteiger charge is -2.18. The van der Waals surface area contributed by atoms with Gasteiger partial charge in [0, 0.05) is 0 Å². The fraction of sp³-hybridized carbons (Fsp3) is 0.263. The zero-order chi connectivity index (χ0) is 19.1. The summed E-state index contributed by atoms with van der Waals surface area (Å²) in [6, 6.07) is 12.1. The normalized spacial score (nSPS) is 12.6. The highest BCUT2D eigenvalue weighted by Crippen LogP contribution is 2.23. The molecule has 26 heavy (non-hydrogen) atoms. The van der Waals surface area contributed by atoms with E-state index in [1.54, 1.807) is 24.3 Å². The second kappa shape index (κ2) is 8.84. The number of anilines is 1. The number of para-hydroxylation sites is 2. The quantitative estimate of drug-likeness (QED) is 0.767. The first-order valence-electron chi connectivity index (χ1n) is 7.97. The lowest BCUT2D eigenvalue weighted by Crippen LogP contribution is -2.35. The summed E-state index contributed by atoms with van der Waals surface area (Å²) in [6.07, 6.45) is -1.99. The number of hydrogen-bond acceptors (Lipinski definition) is 5. The molecule has 0 fully saturated rings. The number of hydrogen-bond donors (Lipinski definition) is 1. The topological polar surface area (TPSA) is 73.9 Å². The Morgan fingerprint density at radius 1 is 1.00 bits per heavy atom. The molecule has 0 unspecified atom stereocenters. The molecule has 1 amide bonds. The summed E-state index contributed by atoms with van der Waals surface area (Å²) in [5.74, 6) is -0.808. The van der Waals surface area contributed by atoms with Crippen molar-refractivity contribution in [2.45, 2.75) is 26.1 Å². The smallest absolute Gasteiger partial charge is 0.347 e. The fourth-order valence-corrected chi connectivity index (χ4v) is 2.07. The Labute approximate surface area is 150 Å². The van der Waals surface area contributed by atoms with E-state index in [4.69, 9.17) is 14.2 Å². The maximum absolute atomic E-state index is 12.9. The van der Waals surface area contributed by atoms with Crippen molar-refractivity contribution < 1.29 is 28.2 Å². The van der Waals surface area contributed by atoms with Gasteiger partial charge in [0.25, 0.3) is 5.91 Å². The molecule has 6 nitrogen and oxygen atoms in total. The molecule has 0 radical (unpaired) electrons. The van der Waals surface area contributed by atoms with Crippen LogP contribution < -0.4 is 14.8 Å². The third-order valence-electron chi connectivity index (χ3n) is 3.49. The second-order valence-corrected chi connectivity index (χ2v) is 5.48. The highest BCUT2D eigenvalue weighted by molar-refractivity contribution is 5.96. The van der Waals surface area contributed by atoms with E-state index in [0.717, 1.165) is 0 Å². The van der Waals surface area contributed by atoms with Crippen LogP contribution in [0.5, 0.6) is 11.5 Å². The Kier molecular flexibility index (Phi) is 6.54. The summed E-state index contributed by atoms with van der Waals surface area (Å²) in [4.78, 5) is 24.3. The molecule has 2 aromatic carbocycles. The van der Waals surface area contributed by atoms with Crippen molar-refractivity contribution in [2.75, 3.05) is 12.4 Å². The standard InChI is InChI=1S/C19H20FNO5/c1-12(18(22)21-16-6-4-5-7-17(16)24-3)26-19(23)13(2)25-15-10-8-14(20)9-11-15/h4-13H,1-3H3,(H,21,22)/t12-,13+/m0/s1. The van der Waals surface area contributed by atoms with Crippen LogP contribution in [-0.2, 0) is 14.3 Å². The van der Waals surface area contributed by atoms with Gasteiger partial charge in [0.1, 0.15) is 17.3 Å². The van der Waals surface area contributed by atoms with Gasteiger partial charge in [-0.3, -0.25) is 4.79 Å². The van der Waals surface area contributed by atoms with Crippen molar-refractivity contribution in [3.8, 4) is 11.5 Å². The third-order valence-corrected chi connectivity index (χ3v) is 3.49. The molecule has 0 aromatic heterocycles. The number of esters is 1. The highest BCUT2D eigenvalue weighted by atomic mass is 19.1. The zero-order valence-electron chi connectivity index (χ0n) is 14.7. The van der Waals surface area contributed by atoms with Crippen LogP contribution >= 0.6 is 0 Å². The summed E-state index contributed by atoms with van der Waals surface area (Å²) >= 11 is 0. The summed E-state index contributed by atoms with van der Waals surface area (Å²) in [5, 5.41) is 2.64. The molecular weight excluding hydrogens is 341 g/mol. The van der Waals surface area contributed by atoms with Gasteiger partial charge >= 0.3 is 5.97 Å². The first-order chi connectivity index (χ1) is 12.4. The van der Waals surface area contributed by atoms with E-state index in [9.17, 15) is 14.0 Å². The van der Waals surface area contributed by atoms with Gasteiger partial charge in [0.2, 0.25) is 0 Å². The molecule has 7 heteroatoms. The van der Waals surface area contributed by atoms with Crippen LogP contribution in [-0.4, -0.2) is 31.2 Å². The Morgan fingerprint density at radius 3 is 2.31 bits per heavy atom. The predicted molar refractivity (Wildman–Crippen MR) is 93.7 cm³/mol. The maximum Gasteiger partial charge on any atom is 0.347 e. The molecule has 0 bridgehead atoms. The lowest BCUT2D eigenvalue weighted by atomic mass is 10.2. The van der Waals surface area contributed by atoms with Crippen LogP contribution in [0, 0.1) is 5.82 Å². The highest BCUT2D eigenvalue weighted by Gasteiger charge is 2.23. The Hall–Kier alpha value is -3.09. The number of methoxy groups -OCH3 is 1. The largest absolute Gasteiger partial charge is 0.495 e. The van der Waals surface area contributed by atoms with Crippen molar-refractivity contribution in [3.05, 3.63) is 54.3 Å². The fourth-order valence-electron chi connectivity index (χ4n) is 2.07. The van der Waals surface area contributed by atoms with Crippen molar-refractivity contribution in [1.82, 2.24) is 0 Å². The number of nitrogens with one attached hydrogen (secondary N) is 1. The van der Waals surface area contributed by atoms with Gasteiger partial charge in [-0.05, 0) is 50.2 Å². The lowest BCUT2D eigenvalue weighted by molar-refractivity contribution is -0.159. The number of carbonyl (C=O) groups is 2. The van der Waals surface area contributed by atoms with E-state index < -0.39 is 29.9 Å². The van der Waals surface area contributed by atoms with Gasteiger partial charge in [-0.2, -0.15) is 0 Å². The van der Waals surface area contributed by atoms with Crippen LogP contribution in [0.2, 0.25) is 0 Å².